The van der Waals surface area contributed by atoms with Gasteiger partial charge in [-0.15, -0.1) is 9.45 Å². The Hall–Kier alpha value is -4.22. The van der Waals surface area contributed by atoms with Crippen LogP contribution in [0.2, 0.25) is 0 Å². The number of carbonyl (C=O) groups is 2. The number of aliphatic carboxylic acids is 1. The van der Waals surface area contributed by atoms with E-state index in [0.717, 1.165) is 48.8 Å². The number of nitriles is 1. The molecular formula is C32H37F4N5O3S2. The molecule has 0 radical (unpaired) electrons. The topological polar surface area (TPSA) is 114 Å². The van der Waals surface area contributed by atoms with Gasteiger partial charge in [-0.3, -0.25) is 4.79 Å². The van der Waals surface area contributed by atoms with E-state index in [1.54, 1.807) is 36.2 Å². The number of carbonyl (C=O) groups excluding carboxylic acids is 1. The lowest BCUT2D eigenvalue weighted by Gasteiger charge is -2.30. The van der Waals surface area contributed by atoms with Crippen molar-refractivity contribution in [1.82, 2.24) is 4.90 Å². The van der Waals surface area contributed by atoms with Crippen LogP contribution in [-0.2, 0) is 30.2 Å². The molecule has 2 aromatic carbocycles. The Kier molecular flexibility index (Phi) is 14.0. The molecule has 46 heavy (non-hydrogen) atoms. The van der Waals surface area contributed by atoms with Crippen molar-refractivity contribution in [2.24, 2.45) is 5.73 Å². The summed E-state index contributed by atoms with van der Waals surface area (Å²) in [6, 6.07) is 14.6. The highest BCUT2D eigenvalue weighted by atomic mass is 32.8. The number of hydrogen-bond acceptors (Lipinski definition) is 7. The van der Waals surface area contributed by atoms with Crippen molar-refractivity contribution in [3.05, 3.63) is 89.0 Å². The Labute approximate surface area is 273 Å². The van der Waals surface area contributed by atoms with Crippen molar-refractivity contribution in [1.29, 1.82) is 5.26 Å². The van der Waals surface area contributed by atoms with Gasteiger partial charge in [0.25, 0.3) is 5.91 Å². The number of nitrogens with two attached hydrogens (primary N) is 1. The molecule has 0 unspecified atom stereocenters. The van der Waals surface area contributed by atoms with E-state index in [9.17, 15) is 27.6 Å². The zero-order valence-corrected chi connectivity index (χ0v) is 26.3. The maximum absolute atomic E-state index is 14.7. The van der Waals surface area contributed by atoms with Crippen molar-refractivity contribution in [3.8, 4) is 6.07 Å². The number of amides is 1. The SMILES string of the molecule is C.C/C=C(\C=C(\c1ccc(C#N)c(F)c1)N(C)c1ccc(N2CCS(=S)CC2)cc1)C(=O)N1C=C(N)CCC1.O=C(O)C(F)(F)F. The first kappa shape index (κ1) is 38.0. The van der Waals surface area contributed by atoms with Crippen LogP contribution in [0.15, 0.2) is 72.1 Å². The van der Waals surface area contributed by atoms with E-state index in [0.29, 0.717) is 29.1 Å². The van der Waals surface area contributed by atoms with Gasteiger partial charge in [-0.2, -0.15) is 18.4 Å². The van der Waals surface area contributed by atoms with Crippen LogP contribution in [0.3, 0.4) is 0 Å². The molecule has 3 N–H and O–H groups in total. The van der Waals surface area contributed by atoms with Crippen LogP contribution in [-0.4, -0.2) is 66.2 Å². The molecule has 0 saturated carbocycles. The number of alkyl halides is 3. The molecular weight excluding hydrogens is 643 g/mol. The summed E-state index contributed by atoms with van der Waals surface area (Å²) in [5.41, 5.74) is 10.3. The molecule has 0 atom stereocenters. The second-order valence-electron chi connectivity index (χ2n) is 10.1. The Morgan fingerprint density at radius 1 is 1.13 bits per heavy atom. The van der Waals surface area contributed by atoms with Crippen LogP contribution in [0, 0.1) is 17.1 Å². The molecule has 1 amide bonds. The van der Waals surface area contributed by atoms with E-state index in [-0.39, 0.29) is 28.4 Å². The minimum absolute atomic E-state index is 0. The summed E-state index contributed by atoms with van der Waals surface area (Å²) in [7, 11) is 1.97. The first-order chi connectivity index (χ1) is 21.2. The standard InChI is InChI=1S/C29H32FN5OS2.C2HF3O2.CH4/c1-3-21(29(36)35-12-4-5-24(32)20-35)18-28(22-6-7-23(19-31)27(30)17-22)33(2)25-8-10-26(11-9-25)34-13-15-38(37)16-14-34;3-2(4,5)1(6)7;/h3,6-11,17-18,20H,4-5,12-16,32H2,1-2H3;(H,6,7);1H4/b21-3+,28-18-;;. The Bertz CT molecular complexity index is 1560. The average Bonchev–Trinajstić information content (AvgIpc) is 3.01. The maximum atomic E-state index is 14.7. The second kappa shape index (κ2) is 16.9. The van der Waals surface area contributed by atoms with Crippen molar-refractivity contribution in [2.45, 2.75) is 33.4 Å². The number of carboxylic acid groups (broad SMARTS) is 1. The molecule has 0 spiro atoms. The quantitative estimate of drug-likeness (QED) is 0.227. The molecule has 2 heterocycles. The number of carboxylic acids is 1. The number of anilines is 2. The van der Waals surface area contributed by atoms with Crippen LogP contribution in [0.5, 0.6) is 0 Å². The third-order valence-electron chi connectivity index (χ3n) is 7.07. The van der Waals surface area contributed by atoms with Gasteiger partial charge in [0.2, 0.25) is 0 Å². The zero-order chi connectivity index (χ0) is 33.3. The number of nitrogens with zero attached hydrogens (tertiary/aromatic N) is 4. The van der Waals surface area contributed by atoms with Crippen LogP contribution in [0.4, 0.5) is 28.9 Å². The minimum atomic E-state index is -5.08. The predicted molar refractivity (Wildman–Crippen MR) is 178 cm³/mol. The number of benzene rings is 2. The Morgan fingerprint density at radius 3 is 2.24 bits per heavy atom. The number of rotatable bonds is 6. The second-order valence-corrected chi connectivity index (χ2v) is 13.2. The molecule has 2 aliphatic heterocycles. The molecule has 8 nitrogen and oxygen atoms in total. The summed E-state index contributed by atoms with van der Waals surface area (Å²) >= 11 is 5.46. The Balaban J connectivity index is 0.000000827. The minimum Gasteiger partial charge on any atom is -0.475 e. The van der Waals surface area contributed by atoms with E-state index in [2.05, 4.69) is 17.0 Å². The molecule has 248 valence electrons. The van der Waals surface area contributed by atoms with E-state index >= 15 is 0 Å². The molecule has 2 aromatic rings. The highest BCUT2D eigenvalue weighted by Gasteiger charge is 2.38. The van der Waals surface area contributed by atoms with Crippen molar-refractivity contribution >= 4 is 49.6 Å². The maximum Gasteiger partial charge on any atom is 0.490 e. The predicted octanol–water partition coefficient (Wildman–Crippen LogP) is 5.71. The molecule has 1 fully saturated rings. The summed E-state index contributed by atoms with van der Waals surface area (Å²) in [6.45, 7) is 4.31. The fourth-order valence-electron chi connectivity index (χ4n) is 4.59. The number of halogens is 4. The lowest BCUT2D eigenvalue weighted by atomic mass is 10.0. The molecule has 1 saturated heterocycles. The highest BCUT2D eigenvalue weighted by molar-refractivity contribution is 8.28. The van der Waals surface area contributed by atoms with Crippen LogP contribution in [0.1, 0.15) is 38.3 Å². The largest absolute Gasteiger partial charge is 0.490 e. The third kappa shape index (κ3) is 10.1. The van der Waals surface area contributed by atoms with E-state index in [1.165, 1.54) is 12.1 Å². The van der Waals surface area contributed by atoms with Crippen molar-refractivity contribution < 1.29 is 32.3 Å². The van der Waals surface area contributed by atoms with Gasteiger partial charge in [-0.05, 0) is 62.2 Å². The van der Waals surface area contributed by atoms with Gasteiger partial charge in [0.1, 0.15) is 11.9 Å². The monoisotopic (exact) mass is 679 g/mol. The van der Waals surface area contributed by atoms with Gasteiger partial charge < -0.3 is 25.5 Å². The molecule has 0 bridgehead atoms. The fraction of sp³-hybridized carbons (Fsp3) is 0.344. The molecule has 0 aliphatic carbocycles. The average molecular weight is 680 g/mol. The fourth-order valence-corrected chi connectivity index (χ4v) is 6.09. The summed E-state index contributed by atoms with van der Waals surface area (Å²) < 4.78 is 46.4. The van der Waals surface area contributed by atoms with Crippen LogP contribution >= 0.6 is 0 Å². The zero-order valence-electron chi connectivity index (χ0n) is 24.7. The van der Waals surface area contributed by atoms with Gasteiger partial charge >= 0.3 is 12.1 Å². The van der Waals surface area contributed by atoms with Crippen LogP contribution < -0.4 is 15.5 Å². The summed E-state index contributed by atoms with van der Waals surface area (Å²) in [5.74, 6) is -1.47. The molecule has 2 aliphatic rings. The van der Waals surface area contributed by atoms with Crippen molar-refractivity contribution in [3.63, 3.8) is 0 Å². The van der Waals surface area contributed by atoms with Gasteiger partial charge in [-0.1, -0.05) is 30.8 Å². The summed E-state index contributed by atoms with van der Waals surface area (Å²) in [5, 5.41) is 16.3. The molecule has 4 rings (SSSR count). The highest BCUT2D eigenvalue weighted by Crippen LogP contribution is 2.30. The van der Waals surface area contributed by atoms with E-state index in [4.69, 9.17) is 26.8 Å². The van der Waals surface area contributed by atoms with Gasteiger partial charge in [-0.25, -0.2) is 9.18 Å². The molecule has 14 heteroatoms. The van der Waals surface area contributed by atoms with Gasteiger partial charge in [0, 0.05) is 78.3 Å². The smallest absolute Gasteiger partial charge is 0.475 e. The van der Waals surface area contributed by atoms with Gasteiger partial charge in [0.15, 0.2) is 0 Å². The Morgan fingerprint density at radius 2 is 1.74 bits per heavy atom. The van der Waals surface area contributed by atoms with E-state index < -0.39 is 18.0 Å². The number of allylic oxidation sites excluding steroid dienone is 2. The number of hydrogen-bond donors (Lipinski definition) is 2. The van der Waals surface area contributed by atoms with Crippen LogP contribution in [0.25, 0.3) is 5.70 Å². The first-order valence-electron chi connectivity index (χ1n) is 13.8. The van der Waals surface area contributed by atoms with Gasteiger partial charge in [0.05, 0.1) is 5.56 Å². The van der Waals surface area contributed by atoms with Crippen molar-refractivity contribution in [2.75, 3.05) is 48.0 Å². The third-order valence-corrected chi connectivity index (χ3v) is 9.34. The first-order valence-corrected chi connectivity index (χ1v) is 16.3. The normalized spacial score (nSPS) is 15.9. The lowest BCUT2D eigenvalue weighted by Crippen LogP contribution is -2.37. The van der Waals surface area contributed by atoms with E-state index in [1.807, 2.05) is 30.1 Å². The lowest BCUT2D eigenvalue weighted by molar-refractivity contribution is -0.192. The summed E-state index contributed by atoms with van der Waals surface area (Å²) in [4.78, 5) is 28.2. The summed E-state index contributed by atoms with van der Waals surface area (Å²) in [6.07, 6.45) is 1.71. The molecule has 0 aromatic heterocycles.